The van der Waals surface area contributed by atoms with Crippen molar-refractivity contribution in [1.82, 2.24) is 0 Å². The Hall–Kier alpha value is 1.87. The van der Waals surface area contributed by atoms with E-state index in [0.717, 1.165) is 0 Å². The average Bonchev–Trinajstić information content (AvgIpc) is 1.85. The molecule has 0 unspecified atom stereocenters. The molecule has 0 radical (unpaired) electrons. The zero-order chi connectivity index (χ0) is 6.15. The maximum atomic E-state index is 4.25. The van der Waals surface area contributed by atoms with Crippen LogP contribution in [0.1, 0.15) is 0 Å². The summed E-state index contributed by atoms with van der Waals surface area (Å²) in [5.74, 6) is 0. The van der Waals surface area contributed by atoms with Crippen molar-refractivity contribution < 1.29 is 0 Å². The standard InChI is InChI=1S/C3H2S2Se3/c4-1-2(5)8-3(6)7-1/h4-5H. The van der Waals surface area contributed by atoms with Crippen molar-refractivity contribution in [3.63, 3.8) is 0 Å². The molecule has 0 aliphatic rings. The molecule has 0 atom stereocenters. The molecule has 1 heterocycles. The van der Waals surface area contributed by atoms with Crippen LogP contribution >= 0.6 is 25.3 Å². The molecule has 0 saturated carbocycles. The summed E-state index contributed by atoms with van der Waals surface area (Å²) in [6.45, 7) is 0. The van der Waals surface area contributed by atoms with Gasteiger partial charge in [0, 0.05) is 0 Å². The molecule has 1 aromatic heterocycles. The first-order valence-corrected chi connectivity index (χ1v) is 6.89. The van der Waals surface area contributed by atoms with E-state index in [1.807, 2.05) is 0 Å². The van der Waals surface area contributed by atoms with Crippen LogP contribution in [0.4, 0.5) is 0 Å². The summed E-state index contributed by atoms with van der Waals surface area (Å²) in [4.78, 5) is 0. The summed E-state index contributed by atoms with van der Waals surface area (Å²) in [7, 11) is 0. The molecule has 1 aromatic rings. The fourth-order valence-corrected chi connectivity index (χ4v) is 10.7. The topological polar surface area (TPSA) is 0 Å². The zero-order valence-electron chi connectivity index (χ0n) is 3.62. The molecular weight excluding hydrogens is 337 g/mol. The van der Waals surface area contributed by atoms with Gasteiger partial charge in [0.15, 0.2) is 0 Å². The minimum atomic E-state index is 0.514. The third-order valence-corrected chi connectivity index (χ3v) is 9.45. The van der Waals surface area contributed by atoms with Gasteiger partial charge < -0.3 is 0 Å². The predicted molar refractivity (Wildman–Crippen MR) is 43.8 cm³/mol. The van der Waals surface area contributed by atoms with Crippen LogP contribution in [0.2, 0.25) is 0 Å². The van der Waals surface area contributed by atoms with Crippen molar-refractivity contribution in [2.75, 3.05) is 0 Å². The molecule has 0 spiro atoms. The summed E-state index contributed by atoms with van der Waals surface area (Å²) >= 11 is 12.6. The van der Waals surface area contributed by atoms with Crippen molar-refractivity contribution in [3.05, 3.63) is 1.81 Å². The van der Waals surface area contributed by atoms with E-state index in [4.69, 9.17) is 0 Å². The average molecular weight is 339 g/mol. The van der Waals surface area contributed by atoms with Crippen LogP contribution < -0.4 is 0 Å². The normalized spacial score (nSPS) is 9.75. The van der Waals surface area contributed by atoms with E-state index in [9.17, 15) is 0 Å². The van der Waals surface area contributed by atoms with E-state index in [1.54, 1.807) is 0 Å². The SMILES string of the molecule is Sc1[se]c(=[Se])[se]c1S. The van der Waals surface area contributed by atoms with Crippen LogP contribution in [0.5, 0.6) is 0 Å². The molecule has 0 N–H and O–H groups in total. The summed E-state index contributed by atoms with van der Waals surface area (Å²) in [5, 5.41) is 0. The van der Waals surface area contributed by atoms with Crippen molar-refractivity contribution in [2.24, 2.45) is 0 Å². The van der Waals surface area contributed by atoms with E-state index in [-0.39, 0.29) is 0 Å². The first-order valence-electron chi connectivity index (χ1n) is 1.72. The van der Waals surface area contributed by atoms with Gasteiger partial charge in [-0.1, -0.05) is 0 Å². The Labute approximate surface area is 78.4 Å². The quantitative estimate of drug-likeness (QED) is 0.486. The zero-order valence-corrected chi connectivity index (χ0v) is 10.5. The molecule has 8 heavy (non-hydrogen) atoms. The van der Waals surface area contributed by atoms with Gasteiger partial charge in [-0.25, -0.2) is 0 Å². The van der Waals surface area contributed by atoms with Crippen molar-refractivity contribution >= 4 is 69.8 Å². The van der Waals surface area contributed by atoms with Crippen LogP contribution in [-0.4, -0.2) is 44.6 Å². The molecular formula is C3H2S2Se3. The fraction of sp³-hybridized carbons (Fsp3) is 0. The van der Waals surface area contributed by atoms with Gasteiger partial charge in [0.2, 0.25) is 0 Å². The van der Waals surface area contributed by atoms with Crippen LogP contribution in [0.3, 0.4) is 0 Å². The van der Waals surface area contributed by atoms with Gasteiger partial charge in [0.05, 0.1) is 0 Å². The molecule has 0 nitrogen and oxygen atoms in total. The van der Waals surface area contributed by atoms with E-state index >= 15 is 0 Å². The number of thiol groups is 2. The molecule has 0 saturated heterocycles. The molecule has 0 fully saturated rings. The Morgan fingerprint density at radius 1 is 1.12 bits per heavy atom. The second-order valence-electron chi connectivity index (χ2n) is 1.06. The monoisotopic (exact) mass is 342 g/mol. The van der Waals surface area contributed by atoms with Crippen molar-refractivity contribution in [3.8, 4) is 0 Å². The Morgan fingerprint density at radius 3 is 1.62 bits per heavy atom. The first kappa shape index (κ1) is 7.97. The predicted octanol–water partition coefficient (Wildman–Crippen LogP) is 0.0785. The molecule has 1 rings (SSSR count). The van der Waals surface area contributed by atoms with E-state index in [2.05, 4.69) is 40.8 Å². The van der Waals surface area contributed by atoms with Gasteiger partial charge in [-0.3, -0.25) is 0 Å². The molecule has 0 amide bonds. The van der Waals surface area contributed by atoms with Gasteiger partial charge in [-0.2, -0.15) is 0 Å². The second kappa shape index (κ2) is 3.32. The Balaban J connectivity index is 3.35. The number of hydrogen-bond donors (Lipinski definition) is 2. The summed E-state index contributed by atoms with van der Waals surface area (Å²) in [5.41, 5.74) is 0. The first-order chi connectivity index (χ1) is 3.70. The summed E-state index contributed by atoms with van der Waals surface area (Å²) < 4.78 is 3.88. The van der Waals surface area contributed by atoms with Crippen LogP contribution in [0, 0.1) is 1.81 Å². The molecule has 44 valence electrons. The Kier molecular flexibility index (Phi) is 3.30. The van der Waals surface area contributed by atoms with Crippen LogP contribution in [0.15, 0.2) is 7.54 Å². The van der Waals surface area contributed by atoms with Crippen LogP contribution in [-0.2, 0) is 0 Å². The van der Waals surface area contributed by atoms with Gasteiger partial charge in [-0.15, -0.1) is 0 Å². The molecule has 5 heteroatoms. The van der Waals surface area contributed by atoms with E-state index in [0.29, 0.717) is 29.0 Å². The summed E-state index contributed by atoms with van der Waals surface area (Å²) in [6, 6.07) is 0. The number of hydrogen-bond acceptors (Lipinski definition) is 2. The van der Waals surface area contributed by atoms with Crippen LogP contribution in [0.25, 0.3) is 0 Å². The third-order valence-electron chi connectivity index (χ3n) is 0.543. The number of rotatable bonds is 0. The van der Waals surface area contributed by atoms with Gasteiger partial charge in [0.1, 0.15) is 0 Å². The van der Waals surface area contributed by atoms with Gasteiger partial charge >= 0.3 is 79.2 Å². The molecule has 0 aliphatic carbocycles. The van der Waals surface area contributed by atoms with Gasteiger partial charge in [-0.05, 0) is 0 Å². The van der Waals surface area contributed by atoms with Crippen molar-refractivity contribution in [2.45, 2.75) is 7.54 Å². The Bertz CT molecular complexity index is 212. The van der Waals surface area contributed by atoms with E-state index in [1.165, 1.54) is 9.35 Å². The fourth-order valence-electron chi connectivity index (χ4n) is 0.266. The Morgan fingerprint density at radius 2 is 1.50 bits per heavy atom. The molecule has 0 aliphatic heterocycles. The summed E-state index contributed by atoms with van der Waals surface area (Å²) in [6.07, 6.45) is 0. The maximum absolute atomic E-state index is 4.25. The second-order valence-corrected chi connectivity index (χ2v) is 12.4. The molecule has 0 bridgehead atoms. The van der Waals surface area contributed by atoms with E-state index < -0.39 is 0 Å². The van der Waals surface area contributed by atoms with Gasteiger partial charge in [0.25, 0.3) is 0 Å². The van der Waals surface area contributed by atoms with Crippen molar-refractivity contribution in [1.29, 1.82) is 0 Å². The molecule has 0 aromatic carbocycles. The third kappa shape index (κ3) is 1.93. The minimum absolute atomic E-state index is 0.514.